The van der Waals surface area contributed by atoms with Crippen molar-refractivity contribution in [3.05, 3.63) is 0 Å². The van der Waals surface area contributed by atoms with E-state index in [9.17, 15) is 10.1 Å². The van der Waals surface area contributed by atoms with Crippen LogP contribution in [0.15, 0.2) is 0 Å². The first-order valence-electron chi connectivity index (χ1n) is 9.97. The van der Waals surface area contributed by atoms with Gasteiger partial charge in [0.15, 0.2) is 0 Å². The molecular weight excluding hydrogens is 316 g/mol. The van der Waals surface area contributed by atoms with E-state index in [1.807, 2.05) is 0 Å². The number of amides is 1. The third-order valence-corrected chi connectivity index (χ3v) is 5.97. The minimum absolute atomic E-state index is 0.0253. The van der Waals surface area contributed by atoms with E-state index in [2.05, 4.69) is 21.2 Å². The lowest BCUT2D eigenvalue weighted by molar-refractivity contribution is -0.125. The van der Waals surface area contributed by atoms with Crippen LogP contribution in [0.3, 0.4) is 0 Å². The number of hydrogen-bond donors (Lipinski definition) is 1. The molecule has 3 aliphatic rings. The van der Waals surface area contributed by atoms with Crippen molar-refractivity contribution in [1.29, 1.82) is 5.26 Å². The molecule has 3 fully saturated rings. The lowest BCUT2D eigenvalue weighted by Crippen LogP contribution is -2.55. The first-order valence-corrected chi connectivity index (χ1v) is 9.97. The van der Waals surface area contributed by atoms with Crippen molar-refractivity contribution in [3.8, 4) is 6.07 Å². The molecule has 0 aromatic rings. The zero-order chi connectivity index (χ0) is 17.5. The number of piperidine rings is 1. The van der Waals surface area contributed by atoms with E-state index < -0.39 is 5.54 Å². The number of nitriles is 1. The fourth-order valence-corrected chi connectivity index (χ4v) is 4.47. The molecule has 6 nitrogen and oxygen atoms in total. The van der Waals surface area contributed by atoms with Gasteiger partial charge in [0.05, 0.1) is 25.8 Å². The van der Waals surface area contributed by atoms with Gasteiger partial charge in [0, 0.05) is 25.7 Å². The number of carbonyl (C=O) groups excluding carboxylic acids is 1. The first kappa shape index (κ1) is 18.6. The summed E-state index contributed by atoms with van der Waals surface area (Å²) < 4.78 is 5.44. The van der Waals surface area contributed by atoms with Gasteiger partial charge in [-0.3, -0.25) is 14.6 Å². The van der Waals surface area contributed by atoms with Crippen molar-refractivity contribution in [2.75, 3.05) is 45.9 Å². The normalized spacial score (nSPS) is 28.2. The molecule has 1 unspecified atom stereocenters. The van der Waals surface area contributed by atoms with Gasteiger partial charge in [0.25, 0.3) is 0 Å². The Morgan fingerprint density at radius 1 is 1.12 bits per heavy atom. The Morgan fingerprint density at radius 3 is 2.60 bits per heavy atom. The SMILES string of the molecule is N#CC1(NC(=O)CN2CCCCC2CN2CCOCC2)CCCCC1. The molecule has 1 N–H and O–H groups in total. The maximum absolute atomic E-state index is 12.6. The largest absolute Gasteiger partial charge is 0.379 e. The fourth-order valence-electron chi connectivity index (χ4n) is 4.47. The molecular formula is C19H32N4O2. The molecule has 6 heteroatoms. The molecule has 0 bridgehead atoms. The summed E-state index contributed by atoms with van der Waals surface area (Å²) in [4.78, 5) is 17.4. The van der Waals surface area contributed by atoms with Gasteiger partial charge in [0.2, 0.25) is 5.91 Å². The van der Waals surface area contributed by atoms with Gasteiger partial charge in [-0.15, -0.1) is 0 Å². The van der Waals surface area contributed by atoms with E-state index >= 15 is 0 Å². The van der Waals surface area contributed by atoms with Crippen molar-refractivity contribution < 1.29 is 9.53 Å². The molecule has 0 radical (unpaired) electrons. The third kappa shape index (κ3) is 5.16. The number of hydrogen-bond acceptors (Lipinski definition) is 5. The summed E-state index contributed by atoms with van der Waals surface area (Å²) in [7, 11) is 0. The number of nitrogens with zero attached hydrogens (tertiary/aromatic N) is 3. The minimum atomic E-state index is -0.620. The van der Waals surface area contributed by atoms with E-state index in [-0.39, 0.29) is 5.91 Å². The summed E-state index contributed by atoms with van der Waals surface area (Å²) in [6.07, 6.45) is 8.42. The fraction of sp³-hybridized carbons (Fsp3) is 0.895. The Bertz CT molecular complexity index is 478. The number of likely N-dealkylation sites (tertiary alicyclic amines) is 1. The summed E-state index contributed by atoms with van der Waals surface area (Å²) in [5, 5.41) is 12.6. The molecule has 3 rings (SSSR count). The van der Waals surface area contributed by atoms with E-state index in [4.69, 9.17) is 4.74 Å². The van der Waals surface area contributed by atoms with Crippen molar-refractivity contribution >= 4 is 5.91 Å². The van der Waals surface area contributed by atoms with Crippen molar-refractivity contribution in [2.24, 2.45) is 0 Å². The van der Waals surface area contributed by atoms with E-state index in [0.29, 0.717) is 12.6 Å². The lowest BCUT2D eigenvalue weighted by Gasteiger charge is -2.40. The van der Waals surface area contributed by atoms with Gasteiger partial charge >= 0.3 is 0 Å². The summed E-state index contributed by atoms with van der Waals surface area (Å²) in [5.41, 5.74) is -0.620. The van der Waals surface area contributed by atoms with Crippen LogP contribution < -0.4 is 5.32 Å². The lowest BCUT2D eigenvalue weighted by atomic mass is 9.83. The van der Waals surface area contributed by atoms with Gasteiger partial charge in [-0.2, -0.15) is 5.26 Å². The van der Waals surface area contributed by atoms with Crippen LogP contribution in [0.1, 0.15) is 51.4 Å². The highest BCUT2D eigenvalue weighted by Gasteiger charge is 2.35. The Hall–Kier alpha value is -1.16. The number of ether oxygens (including phenoxy) is 1. The summed E-state index contributed by atoms with van der Waals surface area (Å²) in [6, 6.07) is 2.84. The second-order valence-corrected chi connectivity index (χ2v) is 7.84. The van der Waals surface area contributed by atoms with Crippen LogP contribution in [0, 0.1) is 11.3 Å². The number of morpholine rings is 1. The number of rotatable bonds is 5. The van der Waals surface area contributed by atoms with Crippen LogP contribution in [-0.4, -0.2) is 73.2 Å². The minimum Gasteiger partial charge on any atom is -0.379 e. The summed E-state index contributed by atoms with van der Waals surface area (Å²) >= 11 is 0. The molecule has 1 amide bonds. The summed E-state index contributed by atoms with van der Waals surface area (Å²) in [5.74, 6) is 0.0253. The maximum atomic E-state index is 12.6. The molecule has 1 aliphatic carbocycles. The molecule has 1 atom stereocenters. The van der Waals surface area contributed by atoms with Crippen LogP contribution in [0.4, 0.5) is 0 Å². The molecule has 1 saturated carbocycles. The third-order valence-electron chi connectivity index (χ3n) is 5.97. The predicted octanol–water partition coefficient (Wildman–Crippen LogP) is 1.52. The van der Waals surface area contributed by atoms with Crippen molar-refractivity contribution in [1.82, 2.24) is 15.1 Å². The Labute approximate surface area is 151 Å². The molecule has 140 valence electrons. The highest BCUT2D eigenvalue weighted by atomic mass is 16.5. The van der Waals surface area contributed by atoms with Crippen LogP contribution in [0.5, 0.6) is 0 Å². The molecule has 2 heterocycles. The average molecular weight is 348 g/mol. The monoisotopic (exact) mass is 348 g/mol. The first-order chi connectivity index (χ1) is 12.2. The number of nitrogens with one attached hydrogen (secondary N) is 1. The molecule has 0 aromatic carbocycles. The molecule has 0 aromatic heterocycles. The van der Waals surface area contributed by atoms with Gasteiger partial charge < -0.3 is 10.1 Å². The Morgan fingerprint density at radius 2 is 1.88 bits per heavy atom. The molecule has 2 saturated heterocycles. The van der Waals surface area contributed by atoms with Crippen molar-refractivity contribution in [3.63, 3.8) is 0 Å². The summed E-state index contributed by atoms with van der Waals surface area (Å²) in [6.45, 7) is 6.07. The number of carbonyl (C=O) groups is 1. The van der Waals surface area contributed by atoms with Gasteiger partial charge in [0.1, 0.15) is 5.54 Å². The average Bonchev–Trinajstić information content (AvgIpc) is 2.65. The van der Waals surface area contributed by atoms with Crippen LogP contribution >= 0.6 is 0 Å². The Kier molecular flexibility index (Phi) is 6.69. The topological polar surface area (TPSA) is 68.6 Å². The second-order valence-electron chi connectivity index (χ2n) is 7.84. The van der Waals surface area contributed by atoms with Crippen LogP contribution in [0.2, 0.25) is 0 Å². The smallest absolute Gasteiger partial charge is 0.235 e. The van der Waals surface area contributed by atoms with Gasteiger partial charge in [-0.25, -0.2) is 0 Å². The van der Waals surface area contributed by atoms with Crippen LogP contribution in [-0.2, 0) is 9.53 Å². The Balaban J connectivity index is 1.53. The molecule has 0 spiro atoms. The second kappa shape index (κ2) is 8.98. The van der Waals surface area contributed by atoms with E-state index in [1.54, 1.807) is 0 Å². The zero-order valence-corrected chi connectivity index (χ0v) is 15.3. The van der Waals surface area contributed by atoms with E-state index in [1.165, 1.54) is 12.8 Å². The molecule has 25 heavy (non-hydrogen) atoms. The highest BCUT2D eigenvalue weighted by molar-refractivity contribution is 5.79. The highest BCUT2D eigenvalue weighted by Crippen LogP contribution is 2.27. The standard InChI is InChI=1S/C19H32N4O2/c20-16-19(7-3-1-4-8-19)21-18(24)15-23-9-5-2-6-17(23)14-22-10-12-25-13-11-22/h17H,1-15H2,(H,21,24). The van der Waals surface area contributed by atoms with Crippen LogP contribution in [0.25, 0.3) is 0 Å². The quantitative estimate of drug-likeness (QED) is 0.816. The zero-order valence-electron chi connectivity index (χ0n) is 15.3. The van der Waals surface area contributed by atoms with Crippen molar-refractivity contribution in [2.45, 2.75) is 62.9 Å². The molecule has 2 aliphatic heterocycles. The predicted molar refractivity (Wildman–Crippen MR) is 96.0 cm³/mol. The van der Waals surface area contributed by atoms with E-state index in [0.717, 1.165) is 77.9 Å². The van der Waals surface area contributed by atoms with Gasteiger partial charge in [-0.1, -0.05) is 25.7 Å². The maximum Gasteiger partial charge on any atom is 0.235 e. The van der Waals surface area contributed by atoms with Gasteiger partial charge in [-0.05, 0) is 32.2 Å².